The zero-order valence-electron chi connectivity index (χ0n) is 15.9. The highest BCUT2D eigenvalue weighted by Crippen LogP contribution is 2.31. The standard InChI is InChI=1S/C21H22N4O3/c1-24(2)17-6-3-15(4-7-17)14-25-20(9-10-22-25)23-21(26)16-5-8-18-19(13-16)28-12-11-27-18/h3-10,13H,11-12,14H2,1-2H3,(H,23,26). The van der Waals surface area contributed by atoms with Gasteiger partial charge in [-0.05, 0) is 35.9 Å². The molecule has 0 spiro atoms. The number of fused-ring (bicyclic) bond motifs is 1. The quantitative estimate of drug-likeness (QED) is 0.739. The van der Waals surface area contributed by atoms with E-state index in [1.165, 1.54) is 0 Å². The second-order valence-electron chi connectivity index (χ2n) is 6.75. The number of benzene rings is 2. The number of nitrogens with zero attached hydrogens (tertiary/aromatic N) is 3. The SMILES string of the molecule is CN(C)c1ccc(Cn2nccc2NC(=O)c2ccc3c(c2)OCCO3)cc1. The first-order valence-corrected chi connectivity index (χ1v) is 9.09. The summed E-state index contributed by atoms with van der Waals surface area (Å²) >= 11 is 0. The number of carbonyl (C=O) groups excluding carboxylic acids is 1. The maximum absolute atomic E-state index is 12.7. The zero-order chi connectivity index (χ0) is 19.5. The van der Waals surface area contributed by atoms with E-state index in [9.17, 15) is 4.79 Å². The number of amides is 1. The van der Waals surface area contributed by atoms with Crippen LogP contribution in [0.1, 0.15) is 15.9 Å². The van der Waals surface area contributed by atoms with Gasteiger partial charge in [0.05, 0.1) is 12.7 Å². The Bertz CT molecular complexity index is 980. The van der Waals surface area contributed by atoms with E-state index >= 15 is 0 Å². The highest BCUT2D eigenvalue weighted by Gasteiger charge is 2.16. The van der Waals surface area contributed by atoms with Crippen molar-refractivity contribution in [3.05, 3.63) is 65.9 Å². The summed E-state index contributed by atoms with van der Waals surface area (Å²) in [5.41, 5.74) is 2.74. The molecule has 2 aromatic carbocycles. The molecule has 3 aromatic rings. The predicted molar refractivity (Wildman–Crippen MR) is 107 cm³/mol. The Labute approximate surface area is 163 Å². The van der Waals surface area contributed by atoms with Crippen LogP contribution in [0.4, 0.5) is 11.5 Å². The Balaban J connectivity index is 1.47. The Morgan fingerprint density at radius 2 is 1.82 bits per heavy atom. The van der Waals surface area contributed by atoms with Gasteiger partial charge in [-0.25, -0.2) is 4.68 Å². The van der Waals surface area contributed by atoms with Gasteiger partial charge in [0, 0.05) is 31.4 Å². The Hall–Kier alpha value is -3.48. The van der Waals surface area contributed by atoms with Gasteiger partial charge in [-0.1, -0.05) is 12.1 Å². The Morgan fingerprint density at radius 1 is 1.07 bits per heavy atom. The maximum Gasteiger partial charge on any atom is 0.256 e. The Kier molecular flexibility index (Phi) is 4.89. The van der Waals surface area contributed by atoms with Crippen LogP contribution in [0.25, 0.3) is 0 Å². The summed E-state index contributed by atoms with van der Waals surface area (Å²) in [6, 6.07) is 15.2. The van der Waals surface area contributed by atoms with E-state index < -0.39 is 0 Å². The van der Waals surface area contributed by atoms with Gasteiger partial charge in [-0.2, -0.15) is 5.10 Å². The van der Waals surface area contributed by atoms with Crippen molar-refractivity contribution < 1.29 is 14.3 Å². The third-order valence-electron chi connectivity index (χ3n) is 4.55. The number of ether oxygens (including phenoxy) is 2. The fraction of sp³-hybridized carbons (Fsp3) is 0.238. The fourth-order valence-electron chi connectivity index (χ4n) is 3.01. The van der Waals surface area contributed by atoms with Crippen molar-refractivity contribution >= 4 is 17.4 Å². The van der Waals surface area contributed by atoms with E-state index in [2.05, 4.69) is 39.6 Å². The van der Waals surface area contributed by atoms with Crippen LogP contribution in [0.5, 0.6) is 11.5 Å². The second-order valence-corrected chi connectivity index (χ2v) is 6.75. The lowest BCUT2D eigenvalue weighted by atomic mass is 10.2. The van der Waals surface area contributed by atoms with Gasteiger partial charge >= 0.3 is 0 Å². The summed E-state index contributed by atoms with van der Waals surface area (Å²) in [4.78, 5) is 14.7. The lowest BCUT2D eigenvalue weighted by molar-refractivity contribution is 0.102. The molecule has 0 saturated carbocycles. The number of carbonyl (C=O) groups is 1. The van der Waals surface area contributed by atoms with E-state index in [-0.39, 0.29) is 5.91 Å². The van der Waals surface area contributed by atoms with Crippen molar-refractivity contribution in [2.75, 3.05) is 37.5 Å². The summed E-state index contributed by atoms with van der Waals surface area (Å²) in [5, 5.41) is 7.25. The first-order chi connectivity index (χ1) is 13.6. The molecule has 0 unspecified atom stereocenters. The lowest BCUT2D eigenvalue weighted by Gasteiger charge is -2.18. The molecule has 0 atom stereocenters. The molecule has 1 aromatic heterocycles. The molecular weight excluding hydrogens is 356 g/mol. The highest BCUT2D eigenvalue weighted by molar-refractivity contribution is 6.04. The van der Waals surface area contributed by atoms with Crippen molar-refractivity contribution in [2.24, 2.45) is 0 Å². The first kappa shape index (κ1) is 17.9. The van der Waals surface area contributed by atoms with E-state index in [4.69, 9.17) is 9.47 Å². The summed E-state index contributed by atoms with van der Waals surface area (Å²) in [7, 11) is 4.02. The van der Waals surface area contributed by atoms with E-state index in [0.717, 1.165) is 11.3 Å². The molecule has 1 N–H and O–H groups in total. The normalized spacial score (nSPS) is 12.5. The van der Waals surface area contributed by atoms with Crippen LogP contribution in [-0.2, 0) is 6.54 Å². The molecule has 144 valence electrons. The summed E-state index contributed by atoms with van der Waals surface area (Å²) in [5.74, 6) is 1.67. The number of nitrogens with one attached hydrogen (secondary N) is 1. The van der Waals surface area contributed by atoms with Crippen LogP contribution in [0.15, 0.2) is 54.7 Å². The van der Waals surface area contributed by atoms with Crippen LogP contribution in [-0.4, -0.2) is 43.0 Å². The summed E-state index contributed by atoms with van der Waals surface area (Å²) in [6.07, 6.45) is 1.67. The first-order valence-electron chi connectivity index (χ1n) is 9.09. The van der Waals surface area contributed by atoms with Gasteiger partial charge in [0.2, 0.25) is 0 Å². The monoisotopic (exact) mass is 378 g/mol. The van der Waals surface area contributed by atoms with Crippen molar-refractivity contribution in [1.29, 1.82) is 0 Å². The third kappa shape index (κ3) is 3.78. The van der Waals surface area contributed by atoms with Gasteiger partial charge in [0.15, 0.2) is 11.5 Å². The molecule has 28 heavy (non-hydrogen) atoms. The van der Waals surface area contributed by atoms with E-state index in [1.54, 1.807) is 35.1 Å². The predicted octanol–water partition coefficient (Wildman–Crippen LogP) is 3.02. The van der Waals surface area contributed by atoms with Crippen molar-refractivity contribution in [1.82, 2.24) is 9.78 Å². The van der Waals surface area contributed by atoms with Gasteiger partial charge in [0.1, 0.15) is 19.0 Å². The number of anilines is 2. The third-order valence-corrected chi connectivity index (χ3v) is 4.55. The van der Waals surface area contributed by atoms with E-state index in [0.29, 0.717) is 42.6 Å². The molecule has 0 fully saturated rings. The molecule has 1 amide bonds. The lowest BCUT2D eigenvalue weighted by Crippen LogP contribution is -2.18. The van der Waals surface area contributed by atoms with Crippen molar-refractivity contribution in [3.63, 3.8) is 0 Å². The van der Waals surface area contributed by atoms with Gasteiger partial charge in [0.25, 0.3) is 5.91 Å². The minimum Gasteiger partial charge on any atom is -0.486 e. The number of hydrogen-bond acceptors (Lipinski definition) is 5. The minimum atomic E-state index is -0.221. The van der Waals surface area contributed by atoms with Gasteiger partial charge in [-0.3, -0.25) is 4.79 Å². The molecule has 1 aliphatic rings. The van der Waals surface area contributed by atoms with Gasteiger partial charge in [-0.15, -0.1) is 0 Å². The van der Waals surface area contributed by atoms with E-state index in [1.807, 2.05) is 14.1 Å². The van der Waals surface area contributed by atoms with Crippen molar-refractivity contribution in [2.45, 2.75) is 6.54 Å². The average Bonchev–Trinajstić information content (AvgIpc) is 3.14. The maximum atomic E-state index is 12.7. The zero-order valence-corrected chi connectivity index (χ0v) is 15.9. The smallest absolute Gasteiger partial charge is 0.256 e. The van der Waals surface area contributed by atoms with Crippen LogP contribution < -0.4 is 19.7 Å². The molecule has 0 aliphatic carbocycles. The summed E-state index contributed by atoms with van der Waals surface area (Å²) in [6.45, 7) is 1.57. The van der Waals surface area contributed by atoms with Gasteiger partial charge < -0.3 is 19.7 Å². The summed E-state index contributed by atoms with van der Waals surface area (Å²) < 4.78 is 12.8. The molecule has 2 heterocycles. The Morgan fingerprint density at radius 3 is 2.57 bits per heavy atom. The van der Waals surface area contributed by atoms with Crippen LogP contribution in [0.3, 0.4) is 0 Å². The van der Waals surface area contributed by atoms with Crippen LogP contribution in [0, 0.1) is 0 Å². The largest absolute Gasteiger partial charge is 0.486 e. The number of rotatable bonds is 5. The average molecular weight is 378 g/mol. The molecule has 0 radical (unpaired) electrons. The van der Waals surface area contributed by atoms with Crippen LogP contribution in [0.2, 0.25) is 0 Å². The topological polar surface area (TPSA) is 68.6 Å². The number of hydrogen-bond donors (Lipinski definition) is 1. The second kappa shape index (κ2) is 7.64. The van der Waals surface area contributed by atoms with Crippen LogP contribution >= 0.6 is 0 Å². The minimum absolute atomic E-state index is 0.221. The molecule has 0 saturated heterocycles. The molecule has 1 aliphatic heterocycles. The molecule has 4 rings (SSSR count). The highest BCUT2D eigenvalue weighted by atomic mass is 16.6. The molecule has 7 heteroatoms. The fourth-order valence-corrected chi connectivity index (χ4v) is 3.01. The van der Waals surface area contributed by atoms with Crippen molar-refractivity contribution in [3.8, 4) is 11.5 Å². The molecule has 0 bridgehead atoms. The molecular formula is C21H22N4O3. The molecule has 7 nitrogen and oxygen atoms in total. The number of aromatic nitrogens is 2.